The van der Waals surface area contributed by atoms with E-state index in [1.807, 2.05) is 19.9 Å². The molecule has 1 aromatic carbocycles. The fourth-order valence-corrected chi connectivity index (χ4v) is 3.16. The van der Waals surface area contributed by atoms with Crippen molar-refractivity contribution < 1.29 is 8.42 Å². The SMILES string of the molecule is CCn1c(CS(=O)(=O)CC)cc2cc(C)ccc21. The lowest BCUT2D eigenvalue weighted by Crippen LogP contribution is -2.10. The van der Waals surface area contributed by atoms with E-state index in [-0.39, 0.29) is 11.5 Å². The standard InChI is InChI=1S/C14H19NO2S/c1-4-15-13(10-18(16,17)5-2)9-12-8-11(3)6-7-14(12)15/h6-9H,4-5,10H2,1-3H3. The van der Waals surface area contributed by atoms with E-state index < -0.39 is 9.84 Å². The Morgan fingerprint density at radius 1 is 1.17 bits per heavy atom. The highest BCUT2D eigenvalue weighted by Gasteiger charge is 2.14. The van der Waals surface area contributed by atoms with Crippen LogP contribution in [0, 0.1) is 6.92 Å². The van der Waals surface area contributed by atoms with Gasteiger partial charge in [-0.2, -0.15) is 0 Å². The minimum absolute atomic E-state index is 0.130. The summed E-state index contributed by atoms with van der Waals surface area (Å²) in [5.41, 5.74) is 3.20. The van der Waals surface area contributed by atoms with Gasteiger partial charge in [0.1, 0.15) is 0 Å². The molecular weight excluding hydrogens is 246 g/mol. The van der Waals surface area contributed by atoms with Crippen molar-refractivity contribution in [2.45, 2.75) is 33.1 Å². The van der Waals surface area contributed by atoms with Crippen molar-refractivity contribution in [1.29, 1.82) is 0 Å². The normalized spacial score (nSPS) is 12.2. The fraction of sp³-hybridized carbons (Fsp3) is 0.429. The van der Waals surface area contributed by atoms with Crippen LogP contribution in [0.5, 0.6) is 0 Å². The summed E-state index contributed by atoms with van der Waals surface area (Å²) in [5, 5.41) is 1.12. The number of sulfone groups is 1. The zero-order valence-corrected chi connectivity index (χ0v) is 11.9. The first-order chi connectivity index (χ1) is 8.46. The number of hydrogen-bond donors (Lipinski definition) is 0. The molecule has 0 unspecified atom stereocenters. The Bertz CT molecular complexity index is 668. The predicted molar refractivity (Wildman–Crippen MR) is 75.5 cm³/mol. The Morgan fingerprint density at radius 3 is 2.50 bits per heavy atom. The summed E-state index contributed by atoms with van der Waals surface area (Å²) in [6.45, 7) is 6.58. The summed E-state index contributed by atoms with van der Waals surface area (Å²) >= 11 is 0. The third-order valence-corrected chi connectivity index (χ3v) is 4.88. The molecule has 0 atom stereocenters. The predicted octanol–water partition coefficient (Wildman–Crippen LogP) is 2.90. The third-order valence-electron chi connectivity index (χ3n) is 3.27. The first kappa shape index (κ1) is 13.1. The molecular formula is C14H19NO2S. The van der Waals surface area contributed by atoms with Crippen LogP contribution in [-0.2, 0) is 22.1 Å². The van der Waals surface area contributed by atoms with Crippen molar-refractivity contribution in [1.82, 2.24) is 4.57 Å². The Labute approximate surface area is 108 Å². The molecule has 0 aliphatic rings. The summed E-state index contributed by atoms with van der Waals surface area (Å²) in [4.78, 5) is 0. The highest BCUT2D eigenvalue weighted by Crippen LogP contribution is 2.22. The molecule has 2 aromatic rings. The van der Waals surface area contributed by atoms with E-state index in [1.54, 1.807) is 6.92 Å². The molecule has 1 aromatic heterocycles. The van der Waals surface area contributed by atoms with Gasteiger partial charge in [-0.3, -0.25) is 0 Å². The van der Waals surface area contributed by atoms with E-state index in [1.165, 1.54) is 5.56 Å². The zero-order chi connectivity index (χ0) is 13.3. The Morgan fingerprint density at radius 2 is 1.89 bits per heavy atom. The number of hydrogen-bond acceptors (Lipinski definition) is 2. The van der Waals surface area contributed by atoms with Crippen LogP contribution in [-0.4, -0.2) is 18.7 Å². The van der Waals surface area contributed by atoms with E-state index in [4.69, 9.17) is 0 Å². The number of nitrogens with zero attached hydrogens (tertiary/aromatic N) is 1. The van der Waals surface area contributed by atoms with Gasteiger partial charge in [-0.1, -0.05) is 18.6 Å². The number of rotatable bonds is 4. The maximum absolute atomic E-state index is 11.8. The first-order valence-electron chi connectivity index (χ1n) is 6.26. The molecule has 0 N–H and O–H groups in total. The molecule has 0 bridgehead atoms. The van der Waals surface area contributed by atoms with Crippen molar-refractivity contribution in [3.8, 4) is 0 Å². The largest absolute Gasteiger partial charge is 0.344 e. The van der Waals surface area contributed by atoms with Gasteiger partial charge in [0.25, 0.3) is 0 Å². The molecule has 0 aliphatic heterocycles. The second kappa shape index (κ2) is 4.76. The van der Waals surface area contributed by atoms with E-state index >= 15 is 0 Å². The third kappa shape index (κ3) is 2.43. The number of aryl methyl sites for hydroxylation is 2. The quantitative estimate of drug-likeness (QED) is 0.852. The van der Waals surface area contributed by atoms with Crippen LogP contribution in [0.4, 0.5) is 0 Å². The van der Waals surface area contributed by atoms with Crippen molar-refractivity contribution in [3.63, 3.8) is 0 Å². The monoisotopic (exact) mass is 265 g/mol. The van der Waals surface area contributed by atoms with Gasteiger partial charge in [-0.25, -0.2) is 8.42 Å². The fourth-order valence-electron chi connectivity index (χ4n) is 2.27. The molecule has 2 rings (SSSR count). The van der Waals surface area contributed by atoms with Crippen molar-refractivity contribution >= 4 is 20.7 Å². The van der Waals surface area contributed by atoms with Gasteiger partial charge in [-0.15, -0.1) is 0 Å². The summed E-state index contributed by atoms with van der Waals surface area (Å²) in [6, 6.07) is 8.23. The van der Waals surface area contributed by atoms with Crippen LogP contribution in [0.3, 0.4) is 0 Å². The number of fused-ring (bicyclic) bond motifs is 1. The second-order valence-corrected chi connectivity index (χ2v) is 6.97. The molecule has 0 fully saturated rings. The topological polar surface area (TPSA) is 39.1 Å². The molecule has 0 radical (unpaired) electrons. The maximum atomic E-state index is 11.8. The van der Waals surface area contributed by atoms with Crippen molar-refractivity contribution in [2.75, 3.05) is 5.75 Å². The van der Waals surface area contributed by atoms with Crippen LogP contribution < -0.4 is 0 Å². The average Bonchev–Trinajstić information content (AvgIpc) is 2.64. The molecule has 4 heteroatoms. The van der Waals surface area contributed by atoms with Gasteiger partial charge in [0.05, 0.1) is 5.75 Å². The average molecular weight is 265 g/mol. The Hall–Kier alpha value is -1.29. The molecule has 0 amide bonds. The smallest absolute Gasteiger partial charge is 0.155 e. The van der Waals surface area contributed by atoms with Gasteiger partial charge < -0.3 is 4.57 Å². The molecule has 3 nitrogen and oxygen atoms in total. The zero-order valence-electron chi connectivity index (χ0n) is 11.1. The van der Waals surface area contributed by atoms with E-state index in [2.05, 4.69) is 22.8 Å². The number of benzene rings is 1. The van der Waals surface area contributed by atoms with E-state index in [0.717, 1.165) is 23.1 Å². The van der Waals surface area contributed by atoms with E-state index in [0.29, 0.717) is 0 Å². The van der Waals surface area contributed by atoms with Gasteiger partial charge >= 0.3 is 0 Å². The van der Waals surface area contributed by atoms with Crippen molar-refractivity contribution in [3.05, 3.63) is 35.5 Å². The summed E-state index contributed by atoms with van der Waals surface area (Å²) < 4.78 is 25.6. The Kier molecular flexibility index (Phi) is 3.48. The lowest BCUT2D eigenvalue weighted by molar-refractivity contribution is 0.594. The van der Waals surface area contributed by atoms with E-state index in [9.17, 15) is 8.42 Å². The van der Waals surface area contributed by atoms with Crippen molar-refractivity contribution in [2.24, 2.45) is 0 Å². The summed E-state index contributed by atoms with van der Waals surface area (Å²) in [5.74, 6) is 0.322. The van der Waals surface area contributed by atoms with Crippen LogP contribution in [0.25, 0.3) is 10.9 Å². The lowest BCUT2D eigenvalue weighted by Gasteiger charge is -2.07. The van der Waals surface area contributed by atoms with Gasteiger partial charge in [0, 0.05) is 28.9 Å². The maximum Gasteiger partial charge on any atom is 0.155 e. The van der Waals surface area contributed by atoms with Crippen LogP contribution in [0.1, 0.15) is 25.1 Å². The van der Waals surface area contributed by atoms with Crippen LogP contribution in [0.15, 0.2) is 24.3 Å². The lowest BCUT2D eigenvalue weighted by atomic mass is 10.2. The second-order valence-electron chi connectivity index (χ2n) is 4.62. The molecule has 18 heavy (non-hydrogen) atoms. The molecule has 0 spiro atoms. The number of aromatic nitrogens is 1. The molecule has 0 saturated carbocycles. The minimum Gasteiger partial charge on any atom is -0.344 e. The molecule has 0 saturated heterocycles. The first-order valence-corrected chi connectivity index (χ1v) is 8.08. The Balaban J connectivity index is 2.57. The van der Waals surface area contributed by atoms with Gasteiger partial charge in [-0.05, 0) is 32.0 Å². The minimum atomic E-state index is -2.98. The molecule has 1 heterocycles. The van der Waals surface area contributed by atoms with Crippen LogP contribution in [0.2, 0.25) is 0 Å². The van der Waals surface area contributed by atoms with Gasteiger partial charge in [0.15, 0.2) is 9.84 Å². The van der Waals surface area contributed by atoms with Gasteiger partial charge in [0.2, 0.25) is 0 Å². The summed E-state index contributed by atoms with van der Waals surface area (Å²) in [6.07, 6.45) is 0. The molecule has 0 aliphatic carbocycles. The molecule has 98 valence electrons. The summed E-state index contributed by atoms with van der Waals surface area (Å²) in [7, 11) is -2.98. The highest BCUT2D eigenvalue weighted by molar-refractivity contribution is 7.90. The highest BCUT2D eigenvalue weighted by atomic mass is 32.2. The van der Waals surface area contributed by atoms with Crippen LogP contribution >= 0.6 is 0 Å².